The molecule has 3 rings (SSSR count). The van der Waals surface area contributed by atoms with Crippen LogP contribution in [-0.2, 0) is 16.0 Å². The SMILES string of the molecule is O=C(Nc1cc(C(F)(F)F)ccc1-n1cncn1)c1ccc(S(=O)(=O)C(F)F)cc1. The predicted molar refractivity (Wildman–Crippen MR) is 93.9 cm³/mol. The van der Waals surface area contributed by atoms with Gasteiger partial charge in [0.15, 0.2) is 0 Å². The fourth-order valence-corrected chi connectivity index (χ4v) is 3.16. The highest BCUT2D eigenvalue weighted by molar-refractivity contribution is 7.91. The lowest BCUT2D eigenvalue weighted by molar-refractivity contribution is -0.137. The topological polar surface area (TPSA) is 93.9 Å². The predicted octanol–water partition coefficient (Wildman–Crippen LogP) is 3.53. The fraction of sp³-hybridized carbons (Fsp3) is 0.118. The first-order valence-corrected chi connectivity index (χ1v) is 9.54. The van der Waals surface area contributed by atoms with Crippen molar-refractivity contribution in [3.63, 3.8) is 0 Å². The molecule has 30 heavy (non-hydrogen) atoms. The standard InChI is InChI=1S/C17H11F5N4O3S/c18-16(19)30(28,29)12-4-1-10(2-5-12)15(27)25-13-7-11(17(20,21)22)3-6-14(13)26-9-23-8-24-26/h1-9,16H,(H,25,27). The Bertz CT molecular complexity index is 1160. The maximum Gasteiger partial charge on any atom is 0.416 e. The minimum absolute atomic E-state index is 0.0887. The second-order valence-corrected chi connectivity index (χ2v) is 7.77. The maximum atomic E-state index is 13.1. The van der Waals surface area contributed by atoms with Crippen molar-refractivity contribution in [3.05, 3.63) is 66.2 Å². The number of anilines is 1. The molecule has 0 spiro atoms. The van der Waals surface area contributed by atoms with E-state index in [2.05, 4.69) is 15.4 Å². The summed E-state index contributed by atoms with van der Waals surface area (Å²) in [6.45, 7) is 0. The van der Waals surface area contributed by atoms with E-state index in [-0.39, 0.29) is 16.9 Å². The van der Waals surface area contributed by atoms with Crippen molar-refractivity contribution < 1.29 is 35.2 Å². The van der Waals surface area contributed by atoms with Gasteiger partial charge in [-0.05, 0) is 42.5 Å². The Morgan fingerprint density at radius 3 is 2.27 bits per heavy atom. The quantitative estimate of drug-likeness (QED) is 0.606. The van der Waals surface area contributed by atoms with Crippen molar-refractivity contribution in [2.75, 3.05) is 5.32 Å². The van der Waals surface area contributed by atoms with Gasteiger partial charge in [0.05, 0.1) is 21.8 Å². The molecule has 13 heteroatoms. The molecule has 3 aromatic rings. The number of nitrogens with zero attached hydrogens (tertiary/aromatic N) is 3. The van der Waals surface area contributed by atoms with Crippen molar-refractivity contribution in [1.29, 1.82) is 0 Å². The Morgan fingerprint density at radius 1 is 1.07 bits per heavy atom. The molecule has 0 saturated carbocycles. The van der Waals surface area contributed by atoms with Crippen LogP contribution in [0, 0.1) is 0 Å². The molecular formula is C17H11F5N4O3S. The van der Waals surface area contributed by atoms with E-state index in [1.165, 1.54) is 6.33 Å². The van der Waals surface area contributed by atoms with Gasteiger partial charge in [-0.15, -0.1) is 0 Å². The first kappa shape index (κ1) is 21.4. The molecule has 0 aliphatic rings. The number of amides is 1. The molecule has 1 N–H and O–H groups in total. The molecule has 0 fully saturated rings. The van der Waals surface area contributed by atoms with Gasteiger partial charge in [-0.1, -0.05) is 0 Å². The molecule has 158 valence electrons. The number of carbonyl (C=O) groups excluding carboxylic acids is 1. The van der Waals surface area contributed by atoms with Crippen LogP contribution in [-0.4, -0.2) is 34.8 Å². The number of carbonyl (C=O) groups is 1. The summed E-state index contributed by atoms with van der Waals surface area (Å²) in [4.78, 5) is 15.5. The van der Waals surface area contributed by atoms with E-state index in [4.69, 9.17) is 0 Å². The van der Waals surface area contributed by atoms with Crippen molar-refractivity contribution >= 4 is 21.4 Å². The highest BCUT2D eigenvalue weighted by Crippen LogP contribution is 2.33. The molecule has 0 atom stereocenters. The van der Waals surface area contributed by atoms with Crippen molar-refractivity contribution in [2.45, 2.75) is 16.8 Å². The molecule has 7 nitrogen and oxygen atoms in total. The normalized spacial score (nSPS) is 12.2. The number of alkyl halides is 5. The third-order valence-electron chi connectivity index (χ3n) is 3.92. The zero-order chi connectivity index (χ0) is 22.1. The van der Waals surface area contributed by atoms with Gasteiger partial charge in [0, 0.05) is 5.56 Å². The number of rotatable bonds is 5. The fourth-order valence-electron chi connectivity index (χ4n) is 2.44. The van der Waals surface area contributed by atoms with Crippen LogP contribution in [0.3, 0.4) is 0 Å². The molecule has 1 amide bonds. The second-order valence-electron chi connectivity index (χ2n) is 5.85. The molecule has 0 aliphatic carbocycles. The first-order chi connectivity index (χ1) is 14.0. The molecule has 0 radical (unpaired) electrons. The monoisotopic (exact) mass is 446 g/mol. The van der Waals surface area contributed by atoms with E-state index in [1.54, 1.807) is 0 Å². The van der Waals surface area contributed by atoms with Crippen molar-refractivity contribution in [3.8, 4) is 5.69 Å². The summed E-state index contributed by atoms with van der Waals surface area (Å²) in [5.41, 5.74) is -1.35. The Kier molecular flexibility index (Phi) is 5.57. The van der Waals surface area contributed by atoms with Gasteiger partial charge in [-0.3, -0.25) is 4.79 Å². The van der Waals surface area contributed by atoms with Gasteiger partial charge in [-0.25, -0.2) is 18.1 Å². The van der Waals surface area contributed by atoms with Gasteiger partial charge in [-0.2, -0.15) is 27.1 Å². The van der Waals surface area contributed by atoms with E-state index in [0.717, 1.165) is 47.4 Å². The summed E-state index contributed by atoms with van der Waals surface area (Å²) in [6.07, 6.45) is -2.32. The van der Waals surface area contributed by atoms with Gasteiger partial charge in [0.2, 0.25) is 9.84 Å². The number of hydrogen-bond donors (Lipinski definition) is 1. The van der Waals surface area contributed by atoms with E-state index in [9.17, 15) is 35.2 Å². The number of nitrogens with one attached hydrogen (secondary N) is 1. The molecule has 0 saturated heterocycles. The number of aromatic nitrogens is 3. The smallest absolute Gasteiger partial charge is 0.320 e. The third kappa shape index (κ3) is 4.30. The number of benzene rings is 2. The molecule has 1 aromatic heterocycles. The van der Waals surface area contributed by atoms with Crippen molar-refractivity contribution in [2.24, 2.45) is 0 Å². The first-order valence-electron chi connectivity index (χ1n) is 8.00. The summed E-state index contributed by atoms with van der Waals surface area (Å²) in [7, 11) is -4.85. The van der Waals surface area contributed by atoms with Gasteiger partial charge in [0.25, 0.3) is 5.91 Å². The van der Waals surface area contributed by atoms with Crippen LogP contribution in [0.1, 0.15) is 15.9 Å². The summed E-state index contributed by atoms with van der Waals surface area (Å²) < 4.78 is 88.4. The lowest BCUT2D eigenvalue weighted by atomic mass is 10.1. The number of halogens is 5. The summed E-state index contributed by atoms with van der Waals surface area (Å²) in [5.74, 6) is -4.52. The maximum absolute atomic E-state index is 13.1. The highest BCUT2D eigenvalue weighted by Gasteiger charge is 2.31. The minimum Gasteiger partial charge on any atom is -0.320 e. The largest absolute Gasteiger partial charge is 0.416 e. The van der Waals surface area contributed by atoms with Gasteiger partial charge < -0.3 is 5.32 Å². The Hall–Kier alpha value is -3.35. The number of sulfone groups is 1. The van der Waals surface area contributed by atoms with Crippen molar-refractivity contribution in [1.82, 2.24) is 14.8 Å². The van der Waals surface area contributed by atoms with Gasteiger partial charge in [0.1, 0.15) is 12.7 Å². The van der Waals surface area contributed by atoms with E-state index >= 15 is 0 Å². The van der Waals surface area contributed by atoms with Crippen LogP contribution in [0.2, 0.25) is 0 Å². The van der Waals surface area contributed by atoms with Gasteiger partial charge >= 0.3 is 11.9 Å². The van der Waals surface area contributed by atoms with Crippen LogP contribution in [0.15, 0.2) is 60.0 Å². The van der Waals surface area contributed by atoms with Crippen LogP contribution in [0.5, 0.6) is 0 Å². The number of hydrogen-bond acceptors (Lipinski definition) is 5. The zero-order valence-electron chi connectivity index (χ0n) is 14.6. The molecular weight excluding hydrogens is 435 g/mol. The van der Waals surface area contributed by atoms with Crippen LogP contribution < -0.4 is 5.32 Å². The average molecular weight is 446 g/mol. The second kappa shape index (κ2) is 7.82. The Labute approximate surface area is 166 Å². The third-order valence-corrected chi connectivity index (χ3v) is 5.32. The van der Waals surface area contributed by atoms with E-state index < -0.39 is 38.1 Å². The van der Waals surface area contributed by atoms with E-state index in [1.807, 2.05) is 0 Å². The summed E-state index contributed by atoms with van der Waals surface area (Å²) >= 11 is 0. The van der Waals surface area contributed by atoms with E-state index in [0.29, 0.717) is 6.07 Å². The highest BCUT2D eigenvalue weighted by atomic mass is 32.2. The Balaban J connectivity index is 1.94. The van der Waals surface area contributed by atoms with Crippen LogP contribution in [0.4, 0.5) is 27.6 Å². The zero-order valence-corrected chi connectivity index (χ0v) is 15.5. The molecule has 2 aromatic carbocycles. The molecule has 1 heterocycles. The molecule has 0 bridgehead atoms. The molecule has 0 unspecified atom stereocenters. The summed E-state index contributed by atoms with van der Waals surface area (Å²) in [6, 6.07) is 6.13. The van der Waals surface area contributed by atoms with Crippen LogP contribution >= 0.6 is 0 Å². The minimum atomic E-state index is -4.85. The van der Waals surface area contributed by atoms with Crippen LogP contribution in [0.25, 0.3) is 5.69 Å². The summed E-state index contributed by atoms with van der Waals surface area (Å²) in [5, 5.41) is 6.09. The molecule has 0 aliphatic heterocycles. The lowest BCUT2D eigenvalue weighted by Crippen LogP contribution is -2.16. The Morgan fingerprint density at radius 2 is 1.73 bits per heavy atom. The average Bonchev–Trinajstić information content (AvgIpc) is 3.21. The lowest BCUT2D eigenvalue weighted by Gasteiger charge is -2.14.